The van der Waals surface area contributed by atoms with Gasteiger partial charge in [0, 0.05) is 12.7 Å². The Balaban J connectivity index is 1.88. The average molecular weight is 217 g/mol. The highest BCUT2D eigenvalue weighted by atomic mass is 15.2. The highest BCUT2D eigenvalue weighted by Crippen LogP contribution is 2.37. The molecule has 0 saturated heterocycles. The third kappa shape index (κ3) is 1.64. The van der Waals surface area contributed by atoms with E-state index in [2.05, 4.69) is 28.6 Å². The summed E-state index contributed by atoms with van der Waals surface area (Å²) in [6.07, 6.45) is 8.56. The molecule has 1 fully saturated rings. The maximum absolute atomic E-state index is 4.49. The summed E-state index contributed by atoms with van der Waals surface area (Å²) < 4.78 is 0. The van der Waals surface area contributed by atoms with Crippen LogP contribution in [0.25, 0.3) is 0 Å². The summed E-state index contributed by atoms with van der Waals surface area (Å²) in [6, 6.07) is 2.17. The monoisotopic (exact) mass is 217 g/mol. The highest BCUT2D eigenvalue weighted by Gasteiger charge is 2.35. The Hall–Kier alpha value is -1.25. The van der Waals surface area contributed by atoms with Crippen molar-refractivity contribution in [3.05, 3.63) is 17.8 Å². The van der Waals surface area contributed by atoms with E-state index in [1.807, 2.05) is 6.20 Å². The first-order valence-corrected chi connectivity index (χ1v) is 6.26. The number of rotatable bonds is 0. The van der Waals surface area contributed by atoms with Crippen molar-refractivity contribution in [3.63, 3.8) is 0 Å². The van der Waals surface area contributed by atoms with Gasteiger partial charge in [-0.1, -0.05) is 19.3 Å². The molecule has 0 unspecified atom stereocenters. The molecule has 1 saturated carbocycles. The van der Waals surface area contributed by atoms with Crippen LogP contribution in [0.1, 0.15) is 37.7 Å². The zero-order chi connectivity index (χ0) is 11.0. The molecular formula is C13H19N3. The van der Waals surface area contributed by atoms with E-state index in [-0.39, 0.29) is 5.54 Å². The summed E-state index contributed by atoms with van der Waals surface area (Å²) >= 11 is 0. The van der Waals surface area contributed by atoms with E-state index in [1.165, 1.54) is 37.7 Å². The topological polar surface area (TPSA) is 37.0 Å². The molecular weight excluding hydrogens is 198 g/mol. The Morgan fingerprint density at radius 1 is 1.25 bits per heavy atom. The first kappa shape index (κ1) is 9.94. The van der Waals surface area contributed by atoms with E-state index in [0.29, 0.717) is 0 Å². The number of hydrogen-bond donors (Lipinski definition) is 2. The molecule has 0 radical (unpaired) electrons. The molecule has 2 heterocycles. The fraction of sp³-hybridized carbons (Fsp3) is 0.615. The lowest BCUT2D eigenvalue weighted by molar-refractivity contribution is 0.333. The van der Waals surface area contributed by atoms with Crippen molar-refractivity contribution in [3.8, 4) is 0 Å². The normalized spacial score (nSPS) is 22.1. The van der Waals surface area contributed by atoms with Crippen molar-refractivity contribution in [2.75, 3.05) is 17.2 Å². The van der Waals surface area contributed by atoms with Crippen molar-refractivity contribution in [1.82, 2.24) is 4.98 Å². The Kier molecular flexibility index (Phi) is 2.27. The smallest absolute Gasteiger partial charge is 0.149 e. The van der Waals surface area contributed by atoms with Gasteiger partial charge in [-0.3, -0.25) is 0 Å². The van der Waals surface area contributed by atoms with Gasteiger partial charge in [0.05, 0.1) is 11.2 Å². The van der Waals surface area contributed by atoms with Crippen molar-refractivity contribution < 1.29 is 0 Å². The molecule has 86 valence electrons. The van der Waals surface area contributed by atoms with Crippen LogP contribution in [0.4, 0.5) is 11.5 Å². The van der Waals surface area contributed by atoms with Crippen molar-refractivity contribution in [2.45, 2.75) is 44.6 Å². The summed E-state index contributed by atoms with van der Waals surface area (Å²) in [7, 11) is 0. The van der Waals surface area contributed by atoms with Crippen LogP contribution < -0.4 is 10.6 Å². The van der Waals surface area contributed by atoms with E-state index in [1.54, 1.807) is 0 Å². The molecule has 0 bridgehead atoms. The first-order valence-electron chi connectivity index (χ1n) is 6.26. The molecule has 1 aromatic rings. The largest absolute Gasteiger partial charge is 0.380 e. The maximum Gasteiger partial charge on any atom is 0.149 e. The van der Waals surface area contributed by atoms with Crippen LogP contribution in [-0.2, 0) is 0 Å². The van der Waals surface area contributed by atoms with Gasteiger partial charge in [0.25, 0.3) is 0 Å². The highest BCUT2D eigenvalue weighted by molar-refractivity contribution is 5.68. The second-order valence-electron chi connectivity index (χ2n) is 5.23. The van der Waals surface area contributed by atoms with Crippen molar-refractivity contribution in [2.24, 2.45) is 0 Å². The summed E-state index contributed by atoms with van der Waals surface area (Å²) in [5, 5.41) is 7.20. The van der Waals surface area contributed by atoms with Gasteiger partial charge in [0.2, 0.25) is 0 Å². The van der Waals surface area contributed by atoms with E-state index < -0.39 is 0 Å². The molecule has 2 N–H and O–H groups in total. The van der Waals surface area contributed by atoms with Crippen LogP contribution in [0, 0.1) is 6.92 Å². The number of anilines is 2. The van der Waals surface area contributed by atoms with Crippen molar-refractivity contribution in [1.29, 1.82) is 0 Å². The van der Waals surface area contributed by atoms with E-state index in [0.717, 1.165) is 18.1 Å². The number of aryl methyl sites for hydroxylation is 1. The second-order valence-corrected chi connectivity index (χ2v) is 5.23. The van der Waals surface area contributed by atoms with E-state index in [9.17, 15) is 0 Å². The van der Waals surface area contributed by atoms with Crippen LogP contribution >= 0.6 is 0 Å². The molecule has 16 heavy (non-hydrogen) atoms. The van der Waals surface area contributed by atoms with Gasteiger partial charge in [-0.05, 0) is 31.4 Å². The Labute approximate surface area is 96.7 Å². The molecule has 0 aromatic carbocycles. The number of aromatic nitrogens is 1. The zero-order valence-corrected chi connectivity index (χ0v) is 9.84. The molecule has 0 atom stereocenters. The van der Waals surface area contributed by atoms with Gasteiger partial charge in [0.15, 0.2) is 0 Å². The minimum atomic E-state index is 0.271. The summed E-state index contributed by atoms with van der Waals surface area (Å²) in [4.78, 5) is 4.49. The van der Waals surface area contributed by atoms with Gasteiger partial charge in [-0.2, -0.15) is 0 Å². The molecule has 2 aliphatic rings. The molecule has 1 aliphatic carbocycles. The average Bonchev–Trinajstić information content (AvgIpc) is 2.31. The third-order valence-electron chi connectivity index (χ3n) is 3.84. The molecule has 1 spiro atoms. The number of pyridine rings is 1. The van der Waals surface area contributed by atoms with Crippen LogP contribution in [0.2, 0.25) is 0 Å². The fourth-order valence-corrected chi connectivity index (χ4v) is 2.89. The maximum atomic E-state index is 4.49. The molecule has 3 heteroatoms. The van der Waals surface area contributed by atoms with E-state index >= 15 is 0 Å². The van der Waals surface area contributed by atoms with Crippen LogP contribution in [0.3, 0.4) is 0 Å². The fourth-order valence-electron chi connectivity index (χ4n) is 2.89. The Morgan fingerprint density at radius 3 is 2.88 bits per heavy atom. The zero-order valence-electron chi connectivity index (χ0n) is 9.84. The third-order valence-corrected chi connectivity index (χ3v) is 3.84. The molecule has 0 amide bonds. The minimum Gasteiger partial charge on any atom is -0.380 e. The van der Waals surface area contributed by atoms with Crippen molar-refractivity contribution >= 4 is 11.5 Å². The van der Waals surface area contributed by atoms with Gasteiger partial charge < -0.3 is 10.6 Å². The van der Waals surface area contributed by atoms with Crippen LogP contribution in [0.5, 0.6) is 0 Å². The summed E-state index contributed by atoms with van der Waals surface area (Å²) in [5.74, 6) is 1.04. The quantitative estimate of drug-likeness (QED) is 0.701. The molecule has 1 aromatic heterocycles. The number of fused-ring (bicyclic) bond motifs is 1. The van der Waals surface area contributed by atoms with Gasteiger partial charge in [0.1, 0.15) is 5.82 Å². The molecule has 3 rings (SSSR count). The first-order chi connectivity index (χ1) is 7.77. The number of hydrogen-bond acceptors (Lipinski definition) is 3. The Bertz CT molecular complexity index is 394. The molecule has 1 aliphatic heterocycles. The second kappa shape index (κ2) is 3.65. The van der Waals surface area contributed by atoms with E-state index in [4.69, 9.17) is 0 Å². The lowest BCUT2D eigenvalue weighted by Crippen LogP contribution is -2.49. The summed E-state index contributed by atoms with van der Waals surface area (Å²) in [5.41, 5.74) is 2.65. The lowest BCUT2D eigenvalue weighted by atomic mass is 9.80. The number of nitrogens with zero attached hydrogens (tertiary/aromatic N) is 1. The molecule has 3 nitrogen and oxygen atoms in total. The van der Waals surface area contributed by atoms with Crippen LogP contribution in [-0.4, -0.2) is 17.1 Å². The standard InChI is InChI=1S/C13H19N3/c1-10-7-11-12(14-8-10)16-13(9-15-11)5-3-2-4-6-13/h7-8,15H,2-6,9H2,1H3,(H,14,16). The van der Waals surface area contributed by atoms with Gasteiger partial charge >= 0.3 is 0 Å². The van der Waals surface area contributed by atoms with Crippen LogP contribution in [0.15, 0.2) is 12.3 Å². The lowest BCUT2D eigenvalue weighted by Gasteiger charge is -2.42. The van der Waals surface area contributed by atoms with Gasteiger partial charge in [-0.15, -0.1) is 0 Å². The SMILES string of the molecule is Cc1cnc2c(c1)NCC1(CCCCC1)N2. The predicted octanol–water partition coefficient (Wildman–Crippen LogP) is 2.93. The predicted molar refractivity (Wildman–Crippen MR) is 66.9 cm³/mol. The number of nitrogens with one attached hydrogen (secondary N) is 2. The Morgan fingerprint density at radius 2 is 2.06 bits per heavy atom. The van der Waals surface area contributed by atoms with Gasteiger partial charge in [-0.25, -0.2) is 4.98 Å². The minimum absolute atomic E-state index is 0.271. The summed E-state index contributed by atoms with van der Waals surface area (Å²) in [6.45, 7) is 3.13.